The number of hydrogen-bond donors (Lipinski definition) is 1. The highest BCUT2D eigenvalue weighted by molar-refractivity contribution is 8.19. The van der Waals surface area contributed by atoms with Gasteiger partial charge in [-0.15, -0.1) is 23.5 Å². The molecular weight excluding hydrogens is 378 g/mol. The van der Waals surface area contributed by atoms with Crippen molar-refractivity contribution in [1.29, 1.82) is 0 Å². The van der Waals surface area contributed by atoms with Crippen LogP contribution in [0.4, 0.5) is 0 Å². The highest BCUT2D eigenvalue weighted by Gasteiger charge is 2.31. The Morgan fingerprint density at radius 3 is 2.26 bits per heavy atom. The Morgan fingerprint density at radius 1 is 0.963 bits per heavy atom. The SMILES string of the molecule is O=C(O[C@@H](C(=O)NC1CC1)c1ccccc1)c1ccc(C2SCCS2)cc1. The lowest BCUT2D eigenvalue weighted by atomic mass is 10.1. The molecule has 1 amide bonds. The van der Waals surface area contributed by atoms with E-state index in [-0.39, 0.29) is 11.9 Å². The number of nitrogens with one attached hydrogen (secondary N) is 1. The van der Waals surface area contributed by atoms with Crippen molar-refractivity contribution in [2.75, 3.05) is 11.5 Å². The molecule has 1 aliphatic heterocycles. The zero-order valence-corrected chi connectivity index (χ0v) is 16.4. The third kappa shape index (κ3) is 4.68. The Labute approximate surface area is 167 Å². The van der Waals surface area contributed by atoms with E-state index in [0.29, 0.717) is 15.7 Å². The molecule has 0 radical (unpaired) electrons. The molecule has 27 heavy (non-hydrogen) atoms. The maximum atomic E-state index is 12.7. The summed E-state index contributed by atoms with van der Waals surface area (Å²) in [5, 5.41) is 2.93. The minimum absolute atomic E-state index is 0.211. The molecule has 1 atom stereocenters. The van der Waals surface area contributed by atoms with Crippen LogP contribution in [0.5, 0.6) is 0 Å². The molecule has 6 heteroatoms. The Kier molecular flexibility index (Phi) is 5.74. The van der Waals surface area contributed by atoms with Crippen LogP contribution in [0.2, 0.25) is 0 Å². The molecule has 1 N–H and O–H groups in total. The third-order valence-electron chi connectivity index (χ3n) is 4.53. The summed E-state index contributed by atoms with van der Waals surface area (Å²) in [5.74, 6) is 1.59. The summed E-state index contributed by atoms with van der Waals surface area (Å²) in [6, 6.07) is 16.9. The van der Waals surface area contributed by atoms with Gasteiger partial charge in [0.25, 0.3) is 5.91 Å². The molecule has 1 saturated carbocycles. The van der Waals surface area contributed by atoms with E-state index in [0.717, 1.165) is 24.3 Å². The summed E-state index contributed by atoms with van der Waals surface area (Å²) >= 11 is 3.85. The van der Waals surface area contributed by atoms with Gasteiger partial charge in [0.1, 0.15) is 0 Å². The smallest absolute Gasteiger partial charge is 0.339 e. The van der Waals surface area contributed by atoms with Crippen LogP contribution in [-0.2, 0) is 9.53 Å². The number of hydrogen-bond acceptors (Lipinski definition) is 5. The summed E-state index contributed by atoms with van der Waals surface area (Å²) in [5.41, 5.74) is 2.36. The van der Waals surface area contributed by atoms with E-state index in [1.54, 1.807) is 12.1 Å². The summed E-state index contributed by atoms with van der Waals surface area (Å²) in [4.78, 5) is 25.2. The molecule has 1 aliphatic carbocycles. The normalized spacial score (nSPS) is 18.1. The molecule has 4 nitrogen and oxygen atoms in total. The molecule has 2 aromatic rings. The molecule has 140 valence electrons. The number of carbonyl (C=O) groups is 2. The monoisotopic (exact) mass is 399 g/mol. The number of rotatable bonds is 6. The highest BCUT2D eigenvalue weighted by atomic mass is 32.2. The maximum absolute atomic E-state index is 12.7. The highest BCUT2D eigenvalue weighted by Crippen LogP contribution is 2.45. The average Bonchev–Trinajstić information content (AvgIpc) is 3.35. The van der Waals surface area contributed by atoms with E-state index in [4.69, 9.17) is 4.74 Å². The van der Waals surface area contributed by atoms with E-state index in [1.807, 2.05) is 66.0 Å². The van der Waals surface area contributed by atoms with Gasteiger partial charge < -0.3 is 10.1 Å². The van der Waals surface area contributed by atoms with Gasteiger partial charge in [0, 0.05) is 23.1 Å². The van der Waals surface area contributed by atoms with Crippen LogP contribution in [0.15, 0.2) is 54.6 Å². The molecule has 1 heterocycles. The lowest BCUT2D eigenvalue weighted by molar-refractivity contribution is -0.130. The van der Waals surface area contributed by atoms with E-state index in [2.05, 4.69) is 5.32 Å². The minimum Gasteiger partial charge on any atom is -0.444 e. The third-order valence-corrected chi connectivity index (χ3v) is 7.63. The number of benzene rings is 2. The maximum Gasteiger partial charge on any atom is 0.339 e. The molecular formula is C21H21NO3S2. The second-order valence-electron chi connectivity index (χ2n) is 6.67. The largest absolute Gasteiger partial charge is 0.444 e. The molecule has 0 spiro atoms. The van der Waals surface area contributed by atoms with Crippen molar-refractivity contribution in [2.24, 2.45) is 0 Å². The van der Waals surface area contributed by atoms with Gasteiger partial charge in [-0.3, -0.25) is 4.79 Å². The first kappa shape index (κ1) is 18.4. The van der Waals surface area contributed by atoms with Crippen molar-refractivity contribution < 1.29 is 14.3 Å². The molecule has 0 aromatic heterocycles. The Balaban J connectivity index is 1.48. The first-order valence-electron chi connectivity index (χ1n) is 9.10. The molecule has 4 rings (SSSR count). The van der Waals surface area contributed by atoms with Gasteiger partial charge >= 0.3 is 5.97 Å². The van der Waals surface area contributed by atoms with E-state index < -0.39 is 12.1 Å². The Bertz CT molecular complexity index is 800. The van der Waals surface area contributed by atoms with Gasteiger partial charge in [-0.1, -0.05) is 42.5 Å². The summed E-state index contributed by atoms with van der Waals surface area (Å²) in [7, 11) is 0. The lowest BCUT2D eigenvalue weighted by Gasteiger charge is -2.18. The van der Waals surface area contributed by atoms with E-state index >= 15 is 0 Å². The fraction of sp³-hybridized carbons (Fsp3) is 0.333. The molecule has 0 unspecified atom stereocenters. The van der Waals surface area contributed by atoms with Crippen molar-refractivity contribution in [3.63, 3.8) is 0 Å². The molecule has 2 aromatic carbocycles. The Hall–Kier alpha value is -1.92. The average molecular weight is 400 g/mol. The minimum atomic E-state index is -0.931. The van der Waals surface area contributed by atoms with Crippen molar-refractivity contribution in [1.82, 2.24) is 5.32 Å². The van der Waals surface area contributed by atoms with Crippen LogP contribution in [0, 0.1) is 0 Å². The molecule has 2 fully saturated rings. The van der Waals surface area contributed by atoms with Gasteiger partial charge in [0.05, 0.1) is 10.1 Å². The van der Waals surface area contributed by atoms with Crippen molar-refractivity contribution >= 4 is 35.4 Å². The van der Waals surface area contributed by atoms with Gasteiger partial charge in [-0.2, -0.15) is 0 Å². The Morgan fingerprint density at radius 2 is 1.63 bits per heavy atom. The first-order valence-corrected chi connectivity index (χ1v) is 11.2. The summed E-state index contributed by atoms with van der Waals surface area (Å²) < 4.78 is 6.06. The van der Waals surface area contributed by atoms with Gasteiger partial charge in [-0.05, 0) is 30.5 Å². The van der Waals surface area contributed by atoms with Crippen molar-refractivity contribution in [3.8, 4) is 0 Å². The van der Waals surface area contributed by atoms with Crippen LogP contribution in [0.3, 0.4) is 0 Å². The van der Waals surface area contributed by atoms with Crippen LogP contribution in [0.1, 0.15) is 45.0 Å². The van der Waals surface area contributed by atoms with Crippen molar-refractivity contribution in [2.45, 2.75) is 29.6 Å². The number of ether oxygens (including phenoxy) is 1. The topological polar surface area (TPSA) is 55.4 Å². The first-order chi connectivity index (χ1) is 13.2. The molecule has 1 saturated heterocycles. The zero-order valence-electron chi connectivity index (χ0n) is 14.8. The second-order valence-corrected chi connectivity index (χ2v) is 9.40. The number of amides is 1. The lowest BCUT2D eigenvalue weighted by Crippen LogP contribution is -2.33. The fourth-order valence-electron chi connectivity index (χ4n) is 2.91. The van der Waals surface area contributed by atoms with Gasteiger partial charge in [0.15, 0.2) is 0 Å². The summed E-state index contributed by atoms with van der Waals surface area (Å²) in [6.45, 7) is 0. The van der Waals surface area contributed by atoms with E-state index in [9.17, 15) is 9.59 Å². The van der Waals surface area contributed by atoms with Crippen LogP contribution < -0.4 is 5.32 Å². The van der Waals surface area contributed by atoms with Gasteiger partial charge in [0.2, 0.25) is 6.10 Å². The zero-order chi connectivity index (χ0) is 18.6. The standard InChI is InChI=1S/C21H21NO3S2/c23-19(22-17-10-11-17)18(14-4-2-1-3-5-14)25-20(24)15-6-8-16(9-7-15)21-26-12-13-27-21/h1-9,17-18,21H,10-13H2,(H,22,23)/t18-/m1/s1. The predicted molar refractivity (Wildman–Crippen MR) is 110 cm³/mol. The molecule has 2 aliphatic rings. The number of esters is 1. The van der Waals surface area contributed by atoms with Crippen molar-refractivity contribution in [3.05, 3.63) is 71.3 Å². The second kappa shape index (κ2) is 8.40. The number of carbonyl (C=O) groups excluding carboxylic acids is 2. The van der Waals surface area contributed by atoms with Crippen LogP contribution in [0.25, 0.3) is 0 Å². The van der Waals surface area contributed by atoms with Gasteiger partial charge in [-0.25, -0.2) is 4.79 Å². The van der Waals surface area contributed by atoms with Crippen LogP contribution in [-0.4, -0.2) is 29.4 Å². The molecule has 0 bridgehead atoms. The quantitative estimate of drug-likeness (QED) is 0.732. The van der Waals surface area contributed by atoms with Crippen LogP contribution >= 0.6 is 23.5 Å². The van der Waals surface area contributed by atoms with E-state index in [1.165, 1.54) is 5.56 Å². The fourth-order valence-corrected chi connectivity index (χ4v) is 5.77. The number of thioether (sulfide) groups is 2. The predicted octanol–water partition coefficient (Wildman–Crippen LogP) is 4.34. The summed E-state index contributed by atoms with van der Waals surface area (Å²) in [6.07, 6.45) is 1.04.